The smallest absolute Gasteiger partial charge is 0.260 e. The van der Waals surface area contributed by atoms with E-state index in [1.807, 2.05) is 0 Å². The van der Waals surface area contributed by atoms with Gasteiger partial charge < -0.3 is 11.1 Å². The highest BCUT2D eigenvalue weighted by Crippen LogP contribution is 2.26. The van der Waals surface area contributed by atoms with Gasteiger partial charge in [-0.15, -0.1) is 0 Å². The quantitative estimate of drug-likeness (QED) is 0.744. The molecule has 1 aliphatic heterocycles. The van der Waals surface area contributed by atoms with Gasteiger partial charge in [0, 0.05) is 12.7 Å². The van der Waals surface area contributed by atoms with Crippen LogP contribution in [0.25, 0.3) is 0 Å². The van der Waals surface area contributed by atoms with Gasteiger partial charge in [0.2, 0.25) is 5.91 Å². The molecule has 2 atom stereocenters. The van der Waals surface area contributed by atoms with Gasteiger partial charge in [0.05, 0.1) is 18.6 Å². The van der Waals surface area contributed by atoms with Crippen LogP contribution in [0.5, 0.6) is 0 Å². The van der Waals surface area contributed by atoms with Crippen molar-refractivity contribution in [2.75, 3.05) is 13.1 Å². The Hall–Kier alpha value is -1.84. The van der Waals surface area contributed by atoms with Gasteiger partial charge in [-0.1, -0.05) is 25.3 Å². The van der Waals surface area contributed by atoms with Crippen molar-refractivity contribution < 1.29 is 18.0 Å². The molecule has 1 saturated heterocycles. The van der Waals surface area contributed by atoms with Crippen LogP contribution in [-0.4, -0.2) is 54.6 Å². The second-order valence-corrected chi connectivity index (χ2v) is 9.48. The standard InChI is InChI=1S/C19H28N4O4S/c20-18(14-7-2-1-3-8-14)19(25)22-15-9-6-12-23(13-16(15)24)28(26,27)17-10-4-5-11-21-17/h4-5,10-11,14-15,18H,1-3,6-9,12-13,20H2,(H,22,25)/t15-,18-/m0/s1. The third-order valence-corrected chi connectivity index (χ3v) is 7.40. The molecular formula is C19H28N4O4S. The lowest BCUT2D eigenvalue weighted by Gasteiger charge is -2.28. The molecule has 28 heavy (non-hydrogen) atoms. The van der Waals surface area contributed by atoms with Crippen LogP contribution < -0.4 is 11.1 Å². The molecule has 2 heterocycles. The van der Waals surface area contributed by atoms with Crippen molar-refractivity contribution in [1.29, 1.82) is 0 Å². The number of hydrogen-bond acceptors (Lipinski definition) is 6. The van der Waals surface area contributed by atoms with Crippen LogP contribution in [0.2, 0.25) is 0 Å². The van der Waals surface area contributed by atoms with Crippen LogP contribution in [0.4, 0.5) is 0 Å². The van der Waals surface area contributed by atoms with Crippen molar-refractivity contribution in [2.24, 2.45) is 11.7 Å². The van der Waals surface area contributed by atoms with Gasteiger partial charge in [0.25, 0.3) is 10.0 Å². The molecule has 0 radical (unpaired) electrons. The molecule has 0 spiro atoms. The molecule has 154 valence electrons. The first-order valence-corrected chi connectivity index (χ1v) is 11.3. The molecule has 3 N–H and O–H groups in total. The van der Waals surface area contributed by atoms with E-state index in [0.29, 0.717) is 12.8 Å². The zero-order valence-electron chi connectivity index (χ0n) is 15.9. The third-order valence-electron chi connectivity index (χ3n) is 5.64. The first-order chi connectivity index (χ1) is 13.4. The topological polar surface area (TPSA) is 122 Å². The predicted molar refractivity (Wildman–Crippen MR) is 104 cm³/mol. The van der Waals surface area contributed by atoms with Gasteiger partial charge in [-0.05, 0) is 43.7 Å². The number of pyridine rings is 1. The van der Waals surface area contributed by atoms with E-state index in [1.54, 1.807) is 12.1 Å². The number of hydrogen-bond donors (Lipinski definition) is 2. The third kappa shape index (κ3) is 4.76. The van der Waals surface area contributed by atoms with Crippen molar-refractivity contribution in [1.82, 2.24) is 14.6 Å². The number of nitrogens with one attached hydrogen (secondary N) is 1. The van der Waals surface area contributed by atoms with Gasteiger partial charge in [0.15, 0.2) is 10.8 Å². The number of ketones is 1. The van der Waals surface area contributed by atoms with Gasteiger partial charge in [0.1, 0.15) is 0 Å². The Morgan fingerprint density at radius 2 is 1.93 bits per heavy atom. The van der Waals surface area contributed by atoms with E-state index >= 15 is 0 Å². The zero-order valence-corrected chi connectivity index (χ0v) is 16.7. The number of aromatic nitrogens is 1. The normalized spacial score (nSPS) is 23.8. The van der Waals surface area contributed by atoms with Crippen LogP contribution >= 0.6 is 0 Å². The highest BCUT2D eigenvalue weighted by molar-refractivity contribution is 7.89. The average Bonchev–Trinajstić information content (AvgIpc) is 2.90. The lowest BCUT2D eigenvalue weighted by atomic mass is 9.84. The van der Waals surface area contributed by atoms with Crippen LogP contribution in [0.3, 0.4) is 0 Å². The monoisotopic (exact) mass is 408 g/mol. The zero-order chi connectivity index (χ0) is 20.1. The van der Waals surface area contributed by atoms with E-state index in [4.69, 9.17) is 5.73 Å². The minimum absolute atomic E-state index is 0.0791. The molecule has 0 bridgehead atoms. The van der Waals surface area contributed by atoms with Crippen LogP contribution in [0, 0.1) is 5.92 Å². The van der Waals surface area contributed by atoms with E-state index in [0.717, 1.165) is 30.0 Å². The number of nitrogens with two attached hydrogens (primary N) is 1. The van der Waals surface area contributed by atoms with Crippen molar-refractivity contribution in [3.8, 4) is 0 Å². The number of carbonyl (C=O) groups is 2. The predicted octanol–water partition coefficient (Wildman–Crippen LogP) is 0.828. The first-order valence-electron chi connectivity index (χ1n) is 9.89. The second-order valence-electron chi connectivity index (χ2n) is 7.60. The van der Waals surface area contributed by atoms with Crippen molar-refractivity contribution in [3.63, 3.8) is 0 Å². The maximum absolute atomic E-state index is 12.7. The molecule has 1 aromatic rings. The van der Waals surface area contributed by atoms with Gasteiger partial charge in [-0.25, -0.2) is 13.4 Å². The first kappa shape index (κ1) is 20.9. The molecule has 2 fully saturated rings. The van der Waals surface area contributed by atoms with Crippen LogP contribution in [0.1, 0.15) is 44.9 Å². The summed E-state index contributed by atoms with van der Waals surface area (Å²) in [6, 6.07) is 3.31. The number of amides is 1. The summed E-state index contributed by atoms with van der Waals surface area (Å²) in [6.07, 6.45) is 7.47. The molecule has 8 nitrogen and oxygen atoms in total. The lowest BCUT2D eigenvalue weighted by molar-refractivity contribution is -0.129. The minimum atomic E-state index is -3.84. The van der Waals surface area contributed by atoms with Crippen molar-refractivity contribution >= 4 is 21.7 Å². The summed E-state index contributed by atoms with van der Waals surface area (Å²) in [6.45, 7) is -0.0613. The Morgan fingerprint density at radius 3 is 2.61 bits per heavy atom. The number of nitrogens with zero attached hydrogens (tertiary/aromatic N) is 2. The maximum Gasteiger partial charge on any atom is 0.260 e. The van der Waals surface area contributed by atoms with Gasteiger partial charge >= 0.3 is 0 Å². The number of Topliss-reactive ketones (excluding diaryl/α,β-unsaturated/α-hetero) is 1. The SMILES string of the molecule is N[C@H](C(=O)N[C@H]1CCCN(S(=O)(=O)c2ccccn2)CC1=O)C1CCCCC1. The molecule has 0 aromatic carbocycles. The Kier molecular flexibility index (Phi) is 6.79. The Labute approximate surface area is 165 Å². The number of rotatable bonds is 5. The molecular weight excluding hydrogens is 380 g/mol. The fraction of sp³-hybridized carbons (Fsp3) is 0.632. The molecule has 9 heteroatoms. The molecule has 0 unspecified atom stereocenters. The fourth-order valence-electron chi connectivity index (χ4n) is 3.96. The van der Waals surface area contributed by atoms with Gasteiger partial charge in [-0.3, -0.25) is 9.59 Å². The number of carbonyl (C=O) groups excluding carboxylic acids is 2. The average molecular weight is 409 g/mol. The summed E-state index contributed by atoms with van der Waals surface area (Å²) in [5, 5.41) is 2.69. The van der Waals surface area contributed by atoms with Crippen molar-refractivity contribution in [3.05, 3.63) is 24.4 Å². The molecule has 1 aliphatic carbocycles. The summed E-state index contributed by atoms with van der Waals surface area (Å²) < 4.78 is 26.6. The maximum atomic E-state index is 12.7. The molecule has 2 aliphatic rings. The Morgan fingerprint density at radius 1 is 1.18 bits per heavy atom. The summed E-state index contributed by atoms with van der Waals surface area (Å²) in [5.74, 6) is -0.483. The largest absolute Gasteiger partial charge is 0.345 e. The van der Waals surface area contributed by atoms with Gasteiger partial charge in [-0.2, -0.15) is 4.31 Å². The second kappa shape index (κ2) is 9.11. The summed E-state index contributed by atoms with van der Waals surface area (Å²) >= 11 is 0. The lowest BCUT2D eigenvalue weighted by Crippen LogP contribution is -2.52. The minimum Gasteiger partial charge on any atom is -0.345 e. The van der Waals surface area contributed by atoms with Crippen molar-refractivity contribution in [2.45, 2.75) is 62.1 Å². The Balaban J connectivity index is 1.63. The highest BCUT2D eigenvalue weighted by Gasteiger charge is 2.35. The Bertz CT molecular complexity index is 793. The van der Waals surface area contributed by atoms with Crippen LogP contribution in [-0.2, 0) is 19.6 Å². The number of sulfonamides is 1. The van der Waals surface area contributed by atoms with E-state index in [1.165, 1.54) is 18.7 Å². The van der Waals surface area contributed by atoms with E-state index in [9.17, 15) is 18.0 Å². The molecule has 3 rings (SSSR count). The molecule has 1 aromatic heterocycles. The fourth-order valence-corrected chi connectivity index (χ4v) is 5.34. The summed E-state index contributed by atoms with van der Waals surface area (Å²) in [5.41, 5.74) is 6.13. The summed E-state index contributed by atoms with van der Waals surface area (Å²) in [7, 11) is -3.84. The highest BCUT2D eigenvalue weighted by atomic mass is 32.2. The van der Waals surface area contributed by atoms with E-state index in [-0.39, 0.29) is 35.7 Å². The molecule has 1 saturated carbocycles. The summed E-state index contributed by atoms with van der Waals surface area (Å²) in [4.78, 5) is 29.1. The van der Waals surface area contributed by atoms with Crippen LogP contribution in [0.15, 0.2) is 29.4 Å². The van der Waals surface area contributed by atoms with E-state index in [2.05, 4.69) is 10.3 Å². The molecule has 1 amide bonds. The van der Waals surface area contributed by atoms with E-state index < -0.39 is 22.1 Å².